The minimum atomic E-state index is -0.0252. The zero-order chi connectivity index (χ0) is 10.4. The van der Waals surface area contributed by atoms with Crippen LogP contribution in [0.1, 0.15) is 25.1 Å². The first-order valence-electron chi connectivity index (χ1n) is 4.50. The van der Waals surface area contributed by atoms with E-state index in [1.165, 1.54) is 0 Å². The van der Waals surface area contributed by atoms with Crippen molar-refractivity contribution in [1.29, 1.82) is 0 Å². The number of rotatable bonds is 4. The molecule has 0 bridgehead atoms. The number of hydrogen-bond donors (Lipinski definition) is 1. The van der Waals surface area contributed by atoms with Crippen molar-refractivity contribution in [3.8, 4) is 0 Å². The van der Waals surface area contributed by atoms with Crippen LogP contribution in [0.5, 0.6) is 0 Å². The predicted molar refractivity (Wildman–Crippen MR) is 59.2 cm³/mol. The smallest absolute Gasteiger partial charge is 0.221 e. The third-order valence-electron chi connectivity index (χ3n) is 1.83. The van der Waals surface area contributed by atoms with Crippen LogP contribution < -0.4 is 5.32 Å². The van der Waals surface area contributed by atoms with E-state index < -0.39 is 0 Å². The lowest BCUT2D eigenvalue weighted by atomic mass is 10.2. The van der Waals surface area contributed by atoms with Crippen LogP contribution in [0.4, 0.5) is 0 Å². The number of alkyl halides is 1. The van der Waals surface area contributed by atoms with E-state index in [0.29, 0.717) is 11.8 Å². The fraction of sp³-hybridized carbons (Fsp3) is 0.400. The largest absolute Gasteiger partial charge is 0.348 e. The van der Waals surface area contributed by atoms with E-state index in [1.54, 1.807) is 6.20 Å². The summed E-state index contributed by atoms with van der Waals surface area (Å²) in [6, 6.07) is 5.65. The van der Waals surface area contributed by atoms with Gasteiger partial charge in [0.05, 0.1) is 11.7 Å². The molecule has 1 aromatic rings. The number of carbonyl (C=O) groups is 1. The summed E-state index contributed by atoms with van der Waals surface area (Å²) in [5, 5.41) is 3.55. The highest BCUT2D eigenvalue weighted by molar-refractivity contribution is 9.09. The maximum absolute atomic E-state index is 11.3. The molecule has 1 amide bonds. The van der Waals surface area contributed by atoms with Gasteiger partial charge in [-0.2, -0.15) is 0 Å². The molecule has 0 aliphatic heterocycles. The molecule has 14 heavy (non-hydrogen) atoms. The van der Waals surface area contributed by atoms with Crippen LogP contribution in [0.25, 0.3) is 0 Å². The van der Waals surface area contributed by atoms with Crippen molar-refractivity contribution in [2.75, 3.05) is 5.33 Å². The Labute approximate surface area is 92.1 Å². The Morgan fingerprint density at radius 2 is 2.43 bits per heavy atom. The van der Waals surface area contributed by atoms with Gasteiger partial charge in [-0.25, -0.2) is 0 Å². The van der Waals surface area contributed by atoms with Crippen molar-refractivity contribution in [1.82, 2.24) is 10.3 Å². The number of hydrogen-bond acceptors (Lipinski definition) is 2. The van der Waals surface area contributed by atoms with Gasteiger partial charge in [-0.15, -0.1) is 0 Å². The maximum atomic E-state index is 11.3. The Morgan fingerprint density at radius 1 is 1.64 bits per heavy atom. The van der Waals surface area contributed by atoms with Gasteiger partial charge in [0.15, 0.2) is 0 Å². The number of halogens is 1. The Balaban J connectivity index is 2.50. The van der Waals surface area contributed by atoms with Gasteiger partial charge in [0.1, 0.15) is 0 Å². The number of amides is 1. The third kappa shape index (κ3) is 3.46. The van der Waals surface area contributed by atoms with Gasteiger partial charge in [0.25, 0.3) is 0 Å². The van der Waals surface area contributed by atoms with Gasteiger partial charge in [0.2, 0.25) is 5.91 Å². The molecule has 0 aliphatic carbocycles. The summed E-state index contributed by atoms with van der Waals surface area (Å²) in [6.45, 7) is 1.93. The van der Waals surface area contributed by atoms with Crippen LogP contribution in [0.3, 0.4) is 0 Å². The lowest BCUT2D eigenvalue weighted by Crippen LogP contribution is -2.27. The molecule has 1 heterocycles. The summed E-state index contributed by atoms with van der Waals surface area (Å²) in [7, 11) is 0. The van der Waals surface area contributed by atoms with Crippen molar-refractivity contribution in [2.24, 2.45) is 0 Å². The maximum Gasteiger partial charge on any atom is 0.221 e. The Hall–Kier alpha value is -0.900. The summed E-state index contributed by atoms with van der Waals surface area (Å²) < 4.78 is 0. The second-order valence-electron chi connectivity index (χ2n) is 2.98. The van der Waals surface area contributed by atoms with E-state index in [4.69, 9.17) is 0 Å². The molecule has 1 atom stereocenters. The quantitative estimate of drug-likeness (QED) is 0.839. The van der Waals surface area contributed by atoms with Crippen LogP contribution in [-0.2, 0) is 4.79 Å². The first-order chi connectivity index (χ1) is 6.74. The SMILES string of the molecule is C[C@H](NC(=O)CCBr)c1ccccn1. The standard InChI is InChI=1S/C10H13BrN2O/c1-8(13-10(14)5-6-11)9-4-2-3-7-12-9/h2-4,7-8H,5-6H2,1H3,(H,13,14)/t8-/m0/s1. The minimum Gasteiger partial charge on any atom is -0.348 e. The van der Waals surface area contributed by atoms with Crippen LogP contribution in [-0.4, -0.2) is 16.2 Å². The Morgan fingerprint density at radius 3 is 3.00 bits per heavy atom. The number of nitrogens with one attached hydrogen (secondary N) is 1. The summed E-state index contributed by atoms with van der Waals surface area (Å²) >= 11 is 3.22. The molecule has 0 fully saturated rings. The van der Waals surface area contributed by atoms with Crippen molar-refractivity contribution in [3.05, 3.63) is 30.1 Å². The molecule has 0 saturated heterocycles. The van der Waals surface area contributed by atoms with E-state index in [0.717, 1.165) is 5.69 Å². The molecule has 0 aromatic carbocycles. The fourth-order valence-corrected chi connectivity index (χ4v) is 1.47. The summed E-state index contributed by atoms with van der Waals surface area (Å²) in [5.74, 6) is 0.0417. The third-order valence-corrected chi connectivity index (χ3v) is 2.23. The lowest BCUT2D eigenvalue weighted by Gasteiger charge is -2.12. The van der Waals surface area contributed by atoms with Gasteiger partial charge < -0.3 is 5.32 Å². The summed E-state index contributed by atoms with van der Waals surface area (Å²) in [5.41, 5.74) is 0.885. The second kappa shape index (κ2) is 5.75. The van der Waals surface area contributed by atoms with Crippen LogP contribution >= 0.6 is 15.9 Å². The van der Waals surface area contributed by atoms with Gasteiger partial charge in [-0.05, 0) is 19.1 Å². The lowest BCUT2D eigenvalue weighted by molar-refractivity contribution is -0.121. The second-order valence-corrected chi connectivity index (χ2v) is 3.78. The van der Waals surface area contributed by atoms with Crippen molar-refractivity contribution in [3.63, 3.8) is 0 Å². The van der Waals surface area contributed by atoms with E-state index >= 15 is 0 Å². The predicted octanol–water partition coefficient (Wildman–Crippen LogP) is 2.04. The Kier molecular flexibility index (Phi) is 4.59. The van der Waals surface area contributed by atoms with E-state index in [-0.39, 0.29) is 11.9 Å². The summed E-state index contributed by atoms with van der Waals surface area (Å²) in [6.07, 6.45) is 2.22. The molecule has 4 heteroatoms. The molecule has 0 aliphatic rings. The number of carbonyl (C=O) groups excluding carboxylic acids is 1. The molecule has 3 nitrogen and oxygen atoms in total. The first-order valence-corrected chi connectivity index (χ1v) is 5.62. The van der Waals surface area contributed by atoms with Crippen molar-refractivity contribution >= 4 is 21.8 Å². The normalized spacial score (nSPS) is 12.1. The van der Waals surface area contributed by atoms with Gasteiger partial charge >= 0.3 is 0 Å². The van der Waals surface area contributed by atoms with Gasteiger partial charge in [0, 0.05) is 17.9 Å². The molecule has 1 N–H and O–H groups in total. The highest BCUT2D eigenvalue weighted by Gasteiger charge is 2.08. The average molecular weight is 257 g/mol. The molecule has 76 valence electrons. The van der Waals surface area contributed by atoms with E-state index in [1.807, 2.05) is 25.1 Å². The fourth-order valence-electron chi connectivity index (χ4n) is 1.11. The zero-order valence-electron chi connectivity index (χ0n) is 8.03. The van der Waals surface area contributed by atoms with Crippen LogP contribution in [0, 0.1) is 0 Å². The highest BCUT2D eigenvalue weighted by atomic mass is 79.9. The summed E-state index contributed by atoms with van der Waals surface area (Å²) in [4.78, 5) is 15.4. The minimum absolute atomic E-state index is 0.0252. The molecule has 1 aromatic heterocycles. The molecule has 0 spiro atoms. The van der Waals surface area contributed by atoms with Gasteiger partial charge in [-0.3, -0.25) is 9.78 Å². The molecule has 0 unspecified atom stereocenters. The molecular weight excluding hydrogens is 244 g/mol. The number of aromatic nitrogens is 1. The topological polar surface area (TPSA) is 42.0 Å². The molecular formula is C10H13BrN2O. The van der Waals surface area contributed by atoms with Crippen molar-refractivity contribution in [2.45, 2.75) is 19.4 Å². The van der Waals surface area contributed by atoms with Crippen molar-refractivity contribution < 1.29 is 4.79 Å². The zero-order valence-corrected chi connectivity index (χ0v) is 9.62. The van der Waals surface area contributed by atoms with E-state index in [2.05, 4.69) is 26.2 Å². The number of nitrogens with zero attached hydrogens (tertiary/aromatic N) is 1. The van der Waals surface area contributed by atoms with Gasteiger partial charge in [-0.1, -0.05) is 22.0 Å². The van der Waals surface area contributed by atoms with Crippen LogP contribution in [0.15, 0.2) is 24.4 Å². The monoisotopic (exact) mass is 256 g/mol. The molecule has 1 rings (SSSR count). The first kappa shape index (κ1) is 11.2. The number of pyridine rings is 1. The van der Waals surface area contributed by atoms with Crippen LogP contribution in [0.2, 0.25) is 0 Å². The average Bonchev–Trinajstić information content (AvgIpc) is 2.19. The molecule has 0 radical (unpaired) electrons. The molecule has 0 saturated carbocycles. The van der Waals surface area contributed by atoms with E-state index in [9.17, 15) is 4.79 Å². The highest BCUT2D eigenvalue weighted by Crippen LogP contribution is 2.07. The Bertz CT molecular complexity index is 289.